The molecule has 0 amide bonds. The normalized spacial score (nSPS) is 10.2. The van der Waals surface area contributed by atoms with Crippen molar-refractivity contribution in [3.05, 3.63) is 0 Å². The van der Waals surface area contributed by atoms with Crippen molar-refractivity contribution in [1.29, 1.82) is 0 Å². The summed E-state index contributed by atoms with van der Waals surface area (Å²) in [5.74, 6) is -0.143. The first-order chi connectivity index (χ1) is 4.13. The van der Waals surface area contributed by atoms with Gasteiger partial charge in [0.2, 0.25) is 0 Å². The van der Waals surface area contributed by atoms with Crippen LogP contribution in [0, 0.1) is 0 Å². The van der Waals surface area contributed by atoms with Gasteiger partial charge in [0.25, 0.3) is 0 Å². The van der Waals surface area contributed by atoms with Crippen LogP contribution in [0.15, 0.2) is 0 Å². The Kier molecular flexibility index (Phi) is 4.13. The molecule has 9 heavy (non-hydrogen) atoms. The van der Waals surface area contributed by atoms with E-state index in [0.29, 0.717) is 0 Å². The zero-order valence-electron chi connectivity index (χ0n) is 5.06. The number of rotatable bonds is 4. The summed E-state index contributed by atoms with van der Waals surface area (Å²) < 4.78 is 26.1. The fraction of sp³-hybridized carbons (Fsp3) is 0.800. The Bertz CT molecular complexity index is 93.0. The van der Waals surface area contributed by atoms with Gasteiger partial charge in [-0.25, -0.2) is 0 Å². The summed E-state index contributed by atoms with van der Waals surface area (Å²) in [6, 6.07) is 0. The van der Waals surface area contributed by atoms with Gasteiger partial charge in [0.1, 0.15) is 5.78 Å². The van der Waals surface area contributed by atoms with Gasteiger partial charge in [-0.15, -0.1) is 0 Å². The fourth-order valence-corrected chi connectivity index (χ4v) is 0.292. The molecule has 0 saturated carbocycles. The van der Waals surface area contributed by atoms with Crippen LogP contribution in [0.5, 0.6) is 0 Å². The van der Waals surface area contributed by atoms with E-state index in [1.165, 1.54) is 6.92 Å². The van der Waals surface area contributed by atoms with Crippen LogP contribution >= 0.6 is 0 Å². The minimum absolute atomic E-state index is 0.0599. The maximum absolute atomic E-state index is 11.2. The van der Waals surface area contributed by atoms with Gasteiger partial charge in [-0.1, -0.05) is 0 Å². The van der Waals surface area contributed by atoms with Gasteiger partial charge in [0.15, 0.2) is 0 Å². The third kappa shape index (κ3) is 7.49. The predicted molar refractivity (Wildman–Crippen MR) is 27.3 cm³/mol. The second kappa shape index (κ2) is 4.38. The fourth-order valence-electron chi connectivity index (χ4n) is 0.292. The molecule has 0 saturated heterocycles. The Labute approximate surface area is 51.8 Å². The van der Waals surface area contributed by atoms with Gasteiger partial charge >= 0.3 is 6.61 Å². The first kappa shape index (κ1) is 8.49. The number of hydrogen-bond donors (Lipinski definition) is 0. The zero-order valence-corrected chi connectivity index (χ0v) is 5.06. The molecule has 0 N–H and O–H groups in total. The third-order valence-electron chi connectivity index (χ3n) is 0.698. The van der Waals surface area contributed by atoms with Crippen LogP contribution in [-0.2, 0) is 9.53 Å². The first-order valence-electron chi connectivity index (χ1n) is 2.52. The average Bonchev–Trinajstić information content (AvgIpc) is 1.63. The molecule has 0 aliphatic rings. The van der Waals surface area contributed by atoms with E-state index in [-0.39, 0.29) is 18.8 Å². The topological polar surface area (TPSA) is 26.3 Å². The molecule has 0 aromatic rings. The number of Topliss-reactive ketones (excluding diaryl/α,β-unsaturated/α-hetero) is 1. The SMILES string of the molecule is CC(=O)CCOC(F)F. The second-order valence-electron chi connectivity index (χ2n) is 1.58. The molecule has 54 valence electrons. The van der Waals surface area contributed by atoms with E-state index in [2.05, 4.69) is 4.74 Å². The van der Waals surface area contributed by atoms with E-state index >= 15 is 0 Å². The van der Waals surface area contributed by atoms with E-state index in [4.69, 9.17) is 0 Å². The van der Waals surface area contributed by atoms with Crippen molar-refractivity contribution in [2.75, 3.05) is 6.61 Å². The van der Waals surface area contributed by atoms with Crippen LogP contribution in [0.3, 0.4) is 0 Å². The number of ether oxygens (including phenoxy) is 1. The van der Waals surface area contributed by atoms with Crippen molar-refractivity contribution in [1.82, 2.24) is 0 Å². The highest BCUT2D eigenvalue weighted by Gasteiger charge is 2.00. The quantitative estimate of drug-likeness (QED) is 0.583. The molecule has 0 fully saturated rings. The molecular weight excluding hydrogens is 130 g/mol. The van der Waals surface area contributed by atoms with Crippen LogP contribution in [0.2, 0.25) is 0 Å². The number of halogens is 2. The van der Waals surface area contributed by atoms with Gasteiger partial charge in [0, 0.05) is 6.42 Å². The van der Waals surface area contributed by atoms with Crippen LogP contribution in [0.25, 0.3) is 0 Å². The Morgan fingerprint density at radius 2 is 2.22 bits per heavy atom. The van der Waals surface area contributed by atoms with E-state index in [1.54, 1.807) is 0 Å². The summed E-state index contributed by atoms with van der Waals surface area (Å²) in [6.45, 7) is -1.62. The van der Waals surface area contributed by atoms with E-state index in [9.17, 15) is 13.6 Å². The van der Waals surface area contributed by atoms with Gasteiger partial charge in [0.05, 0.1) is 6.61 Å². The minimum atomic E-state index is -2.76. The van der Waals surface area contributed by atoms with Crippen LogP contribution in [0.4, 0.5) is 8.78 Å². The summed E-state index contributed by atoms with van der Waals surface area (Å²) in [5.41, 5.74) is 0. The van der Waals surface area contributed by atoms with Gasteiger partial charge < -0.3 is 4.74 Å². The third-order valence-corrected chi connectivity index (χ3v) is 0.698. The Morgan fingerprint density at radius 1 is 1.67 bits per heavy atom. The standard InChI is InChI=1S/C5H8F2O2/c1-4(8)2-3-9-5(6)7/h5H,2-3H2,1H3. The Hall–Kier alpha value is -0.510. The minimum Gasteiger partial charge on any atom is -0.323 e. The first-order valence-corrected chi connectivity index (χ1v) is 2.52. The summed E-state index contributed by atoms with van der Waals surface area (Å²) in [4.78, 5) is 10.1. The van der Waals surface area contributed by atoms with Crippen molar-refractivity contribution >= 4 is 5.78 Å². The highest BCUT2D eigenvalue weighted by Crippen LogP contribution is 1.95. The van der Waals surface area contributed by atoms with E-state index < -0.39 is 6.61 Å². The molecule has 2 nitrogen and oxygen atoms in total. The average molecular weight is 138 g/mol. The summed E-state index contributed by atoms with van der Waals surface area (Å²) in [5, 5.41) is 0. The van der Waals surface area contributed by atoms with Crippen molar-refractivity contribution < 1.29 is 18.3 Å². The van der Waals surface area contributed by atoms with Crippen molar-refractivity contribution in [3.63, 3.8) is 0 Å². The highest BCUT2D eigenvalue weighted by atomic mass is 19.3. The van der Waals surface area contributed by atoms with Crippen molar-refractivity contribution in [3.8, 4) is 0 Å². The molecule has 0 atom stereocenters. The second-order valence-corrected chi connectivity index (χ2v) is 1.58. The lowest BCUT2D eigenvalue weighted by molar-refractivity contribution is -0.136. The molecule has 0 aromatic heterocycles. The van der Waals surface area contributed by atoms with Crippen molar-refractivity contribution in [2.24, 2.45) is 0 Å². The molecule has 0 aliphatic carbocycles. The number of ketones is 1. The molecule has 0 heterocycles. The smallest absolute Gasteiger partial charge is 0.323 e. The highest BCUT2D eigenvalue weighted by molar-refractivity contribution is 5.75. The number of carbonyl (C=O) groups is 1. The Balaban J connectivity index is 3.01. The summed E-state index contributed by atoms with van der Waals surface area (Å²) in [6.07, 6.45) is 0.0599. The molecule has 4 heteroatoms. The molecule has 0 rings (SSSR count). The summed E-state index contributed by atoms with van der Waals surface area (Å²) >= 11 is 0. The predicted octanol–water partition coefficient (Wildman–Crippen LogP) is 1.20. The largest absolute Gasteiger partial charge is 0.345 e. The van der Waals surface area contributed by atoms with Crippen LogP contribution in [0.1, 0.15) is 13.3 Å². The molecule has 0 aliphatic heterocycles. The molecule has 0 radical (unpaired) electrons. The maximum Gasteiger partial charge on any atom is 0.345 e. The molecular formula is C5H8F2O2. The lowest BCUT2D eigenvalue weighted by atomic mass is 10.3. The zero-order chi connectivity index (χ0) is 7.28. The lowest BCUT2D eigenvalue weighted by Crippen LogP contribution is -2.04. The molecule has 0 aromatic carbocycles. The van der Waals surface area contributed by atoms with Crippen molar-refractivity contribution in [2.45, 2.75) is 20.0 Å². The maximum atomic E-state index is 11.2. The molecule has 0 bridgehead atoms. The van der Waals surface area contributed by atoms with Crippen LogP contribution < -0.4 is 0 Å². The number of hydrogen-bond acceptors (Lipinski definition) is 2. The molecule has 0 unspecified atom stereocenters. The van der Waals surface area contributed by atoms with E-state index in [1.807, 2.05) is 0 Å². The lowest BCUT2D eigenvalue weighted by Gasteiger charge is -1.97. The monoisotopic (exact) mass is 138 g/mol. The van der Waals surface area contributed by atoms with Gasteiger partial charge in [-0.05, 0) is 6.92 Å². The Morgan fingerprint density at radius 3 is 2.56 bits per heavy atom. The van der Waals surface area contributed by atoms with Gasteiger partial charge in [-0.2, -0.15) is 8.78 Å². The number of carbonyl (C=O) groups excluding carboxylic acids is 1. The summed E-state index contributed by atoms with van der Waals surface area (Å²) in [7, 11) is 0. The number of alkyl halides is 2. The molecule has 0 spiro atoms. The van der Waals surface area contributed by atoms with Crippen LogP contribution in [-0.4, -0.2) is 19.0 Å². The van der Waals surface area contributed by atoms with E-state index in [0.717, 1.165) is 0 Å². The van der Waals surface area contributed by atoms with Gasteiger partial charge in [-0.3, -0.25) is 4.79 Å².